The molecule has 13 nitrogen and oxygen atoms in total. The average Bonchev–Trinajstić information content (AvgIpc) is 3.12. The van der Waals surface area contributed by atoms with Crippen LogP contribution in [0.15, 0.2) is 54.9 Å². The molecule has 0 aliphatic heterocycles. The molecule has 5 amide bonds. The van der Waals surface area contributed by atoms with Crippen molar-refractivity contribution >= 4 is 29.5 Å². The van der Waals surface area contributed by atoms with Gasteiger partial charge in [-0.2, -0.15) is 4.73 Å². The van der Waals surface area contributed by atoms with Gasteiger partial charge in [0.15, 0.2) is 12.4 Å². The van der Waals surface area contributed by atoms with Gasteiger partial charge in [0.25, 0.3) is 5.91 Å². The summed E-state index contributed by atoms with van der Waals surface area (Å²) in [6.07, 6.45) is 5.72. The topological polar surface area (TPSA) is 184 Å². The Balaban J connectivity index is 2.24. The van der Waals surface area contributed by atoms with E-state index < -0.39 is 36.0 Å². The Morgan fingerprint density at radius 2 is 1.36 bits per heavy atom. The van der Waals surface area contributed by atoms with Gasteiger partial charge in [0.05, 0.1) is 11.6 Å². The van der Waals surface area contributed by atoms with E-state index in [0.717, 1.165) is 5.56 Å². The third-order valence-electron chi connectivity index (χ3n) is 9.25. The van der Waals surface area contributed by atoms with Crippen LogP contribution in [0.5, 0.6) is 0 Å². The number of carbonyl (C=O) groups is 5. The smallest absolute Gasteiger partial charge is 0.252 e. The predicted octanol–water partition coefficient (Wildman–Crippen LogP) is 3.15. The largest absolute Gasteiger partial charge is 0.619 e. The van der Waals surface area contributed by atoms with Gasteiger partial charge in [0, 0.05) is 31.3 Å². The number of benzene rings is 1. The van der Waals surface area contributed by atoms with Crippen LogP contribution >= 0.6 is 0 Å². The molecule has 0 bridgehead atoms. The van der Waals surface area contributed by atoms with Gasteiger partial charge in [0.1, 0.15) is 18.1 Å². The van der Waals surface area contributed by atoms with E-state index in [0.29, 0.717) is 49.8 Å². The van der Waals surface area contributed by atoms with E-state index in [2.05, 4.69) is 31.9 Å². The fourth-order valence-electron chi connectivity index (χ4n) is 6.01. The summed E-state index contributed by atoms with van der Waals surface area (Å²) in [5.74, 6) is -2.02. The van der Waals surface area contributed by atoms with Gasteiger partial charge in [-0.05, 0) is 55.9 Å². The van der Waals surface area contributed by atoms with E-state index in [1.165, 1.54) is 24.5 Å². The SMILES string of the molecule is CCC[C@H](NC(=O)[C@@H](NC(=O)c1cc[n+]([O-])cc1)[C@@H](C)CC)C(=O)N[C@H](CN[C@@H](CCc1ccccc1)C(=O)N[C@H](C(=O)NCC)C(C)C)CC(C)C. The van der Waals surface area contributed by atoms with Crippen molar-refractivity contribution in [2.24, 2.45) is 17.8 Å². The number of carbonyl (C=O) groups excluding carboxylic acids is 5. The van der Waals surface area contributed by atoms with Crippen LogP contribution < -0.4 is 36.6 Å². The molecule has 2 rings (SSSR count). The molecule has 0 saturated heterocycles. The fourth-order valence-corrected chi connectivity index (χ4v) is 6.01. The van der Waals surface area contributed by atoms with Crippen LogP contribution in [-0.2, 0) is 25.6 Å². The molecule has 1 heterocycles. The average molecular weight is 738 g/mol. The quantitative estimate of drug-likeness (QED) is 0.0748. The van der Waals surface area contributed by atoms with E-state index in [1.807, 2.05) is 85.7 Å². The lowest BCUT2D eigenvalue weighted by Crippen LogP contribution is -2.58. The van der Waals surface area contributed by atoms with E-state index in [-0.39, 0.29) is 53.6 Å². The number of aryl methyl sites for hydroxylation is 1. The summed E-state index contributed by atoms with van der Waals surface area (Å²) in [5, 5.41) is 29.4. The molecule has 13 heteroatoms. The van der Waals surface area contributed by atoms with Gasteiger partial charge in [-0.3, -0.25) is 24.0 Å². The van der Waals surface area contributed by atoms with E-state index in [9.17, 15) is 29.2 Å². The van der Waals surface area contributed by atoms with E-state index >= 15 is 0 Å². The number of pyridine rings is 1. The van der Waals surface area contributed by atoms with Gasteiger partial charge in [0.2, 0.25) is 23.6 Å². The second kappa shape index (κ2) is 23.2. The summed E-state index contributed by atoms with van der Waals surface area (Å²) >= 11 is 0. The number of likely N-dealkylation sites (N-methyl/N-ethyl adjacent to an activating group) is 1. The molecule has 1 aromatic carbocycles. The van der Waals surface area contributed by atoms with Gasteiger partial charge < -0.3 is 37.1 Å². The minimum absolute atomic E-state index is 0.128. The molecular formula is C40H63N7O6. The molecule has 294 valence electrons. The Morgan fingerprint density at radius 1 is 0.717 bits per heavy atom. The lowest BCUT2D eigenvalue weighted by Gasteiger charge is -2.29. The zero-order valence-corrected chi connectivity index (χ0v) is 32.9. The standard InChI is InChI=1S/C40H63N7O6/c1-9-15-33(44-40(52)35(28(8)10-2)46-36(48)30-20-22-47(53)23-21-30)38(50)43-31(24-26(4)5)25-42-32(19-18-29-16-13-12-14-17-29)37(49)45-34(27(6)7)39(51)41-11-3/h12-14,16-17,20-23,26-28,31-35,42H,9-11,15,18-19,24-25H2,1-8H3,(H,41,51)(H,43,50)(H,44,52)(H,45,49)(H,46,48)/t28-,31-,32-,33-,34-,35-/m0/s1. The molecule has 2 aromatic rings. The van der Waals surface area contributed by atoms with Crippen LogP contribution in [0.4, 0.5) is 0 Å². The first kappa shape index (κ1) is 44.6. The number of hydrogen-bond acceptors (Lipinski definition) is 7. The van der Waals surface area contributed by atoms with Crippen LogP contribution in [0, 0.1) is 23.0 Å². The molecule has 6 atom stereocenters. The van der Waals surface area contributed by atoms with Crippen LogP contribution in [0.25, 0.3) is 0 Å². The number of rotatable bonds is 23. The van der Waals surface area contributed by atoms with Crippen LogP contribution in [-0.4, -0.2) is 72.8 Å². The Morgan fingerprint density at radius 3 is 1.92 bits per heavy atom. The zero-order valence-electron chi connectivity index (χ0n) is 32.9. The lowest BCUT2D eigenvalue weighted by atomic mass is 9.97. The summed E-state index contributed by atoms with van der Waals surface area (Å²) in [4.78, 5) is 67.1. The van der Waals surface area contributed by atoms with Crippen molar-refractivity contribution in [3.63, 3.8) is 0 Å². The zero-order chi connectivity index (χ0) is 39.5. The minimum Gasteiger partial charge on any atom is -0.619 e. The van der Waals surface area contributed by atoms with Crippen LogP contribution in [0.3, 0.4) is 0 Å². The number of nitrogens with zero attached hydrogens (tertiary/aromatic N) is 1. The van der Waals surface area contributed by atoms with Crippen molar-refractivity contribution in [2.75, 3.05) is 13.1 Å². The van der Waals surface area contributed by atoms with Crippen molar-refractivity contribution in [3.8, 4) is 0 Å². The van der Waals surface area contributed by atoms with Crippen LogP contribution in [0.2, 0.25) is 0 Å². The molecule has 0 aliphatic rings. The third kappa shape index (κ3) is 15.5. The second-order valence-electron chi connectivity index (χ2n) is 14.6. The summed E-state index contributed by atoms with van der Waals surface area (Å²) in [7, 11) is 0. The second-order valence-corrected chi connectivity index (χ2v) is 14.6. The summed E-state index contributed by atoms with van der Waals surface area (Å²) in [6.45, 7) is 16.1. The van der Waals surface area contributed by atoms with Gasteiger partial charge in [-0.15, -0.1) is 0 Å². The van der Waals surface area contributed by atoms with Crippen molar-refractivity contribution in [2.45, 2.75) is 124 Å². The normalized spacial score (nSPS) is 14.7. The van der Waals surface area contributed by atoms with Crippen molar-refractivity contribution < 1.29 is 28.7 Å². The molecule has 0 radical (unpaired) electrons. The van der Waals surface area contributed by atoms with Gasteiger partial charge in [-0.1, -0.05) is 91.6 Å². The first-order valence-corrected chi connectivity index (χ1v) is 19.2. The Bertz CT molecular complexity index is 1440. The summed E-state index contributed by atoms with van der Waals surface area (Å²) in [5.41, 5.74) is 1.32. The number of amides is 5. The summed E-state index contributed by atoms with van der Waals surface area (Å²) in [6, 6.07) is 9.13. The van der Waals surface area contributed by atoms with Crippen LogP contribution in [0.1, 0.15) is 103 Å². The Kier molecular flexibility index (Phi) is 19.5. The fraction of sp³-hybridized carbons (Fsp3) is 0.600. The van der Waals surface area contributed by atoms with Crippen molar-refractivity contribution in [1.29, 1.82) is 0 Å². The number of aromatic nitrogens is 1. The Hall–Kier alpha value is -4.52. The van der Waals surface area contributed by atoms with E-state index in [4.69, 9.17) is 0 Å². The molecule has 0 fully saturated rings. The molecule has 0 unspecified atom stereocenters. The molecular weight excluding hydrogens is 674 g/mol. The Labute approximate surface area is 315 Å². The highest BCUT2D eigenvalue weighted by Gasteiger charge is 2.32. The lowest BCUT2D eigenvalue weighted by molar-refractivity contribution is -0.605. The molecule has 0 aliphatic carbocycles. The summed E-state index contributed by atoms with van der Waals surface area (Å²) < 4.78 is 0.571. The molecule has 0 saturated carbocycles. The molecule has 6 N–H and O–H groups in total. The maximum atomic E-state index is 13.8. The number of nitrogens with one attached hydrogen (secondary N) is 6. The molecule has 1 aromatic heterocycles. The highest BCUT2D eigenvalue weighted by Crippen LogP contribution is 2.13. The third-order valence-corrected chi connectivity index (χ3v) is 9.25. The maximum Gasteiger partial charge on any atom is 0.252 e. The van der Waals surface area contributed by atoms with Crippen molar-refractivity contribution in [1.82, 2.24) is 31.9 Å². The minimum atomic E-state index is -0.912. The first-order chi connectivity index (χ1) is 25.2. The highest BCUT2D eigenvalue weighted by atomic mass is 16.5. The highest BCUT2D eigenvalue weighted by molar-refractivity contribution is 5.98. The monoisotopic (exact) mass is 737 g/mol. The maximum absolute atomic E-state index is 13.8. The molecule has 53 heavy (non-hydrogen) atoms. The van der Waals surface area contributed by atoms with Gasteiger partial charge in [-0.25, -0.2) is 0 Å². The van der Waals surface area contributed by atoms with Gasteiger partial charge >= 0.3 is 0 Å². The van der Waals surface area contributed by atoms with E-state index in [1.54, 1.807) is 0 Å². The first-order valence-electron chi connectivity index (χ1n) is 19.2. The van der Waals surface area contributed by atoms with Crippen molar-refractivity contribution in [3.05, 3.63) is 71.2 Å². The number of hydrogen-bond donors (Lipinski definition) is 6. The predicted molar refractivity (Wildman–Crippen MR) is 206 cm³/mol. The molecule has 0 spiro atoms.